The first-order chi connectivity index (χ1) is 9.38. The van der Waals surface area contributed by atoms with Crippen LogP contribution in [0.15, 0.2) is 24.3 Å². The summed E-state index contributed by atoms with van der Waals surface area (Å²) < 4.78 is 0. The van der Waals surface area contributed by atoms with Gasteiger partial charge in [-0.05, 0) is 50.6 Å². The number of benzene rings is 1. The molecule has 0 aliphatic rings. The highest BCUT2D eigenvalue weighted by molar-refractivity contribution is 7.12. The lowest BCUT2D eigenvalue weighted by Crippen LogP contribution is -2.27. The van der Waals surface area contributed by atoms with Gasteiger partial charge < -0.3 is 11.1 Å². The molecule has 20 heavy (non-hydrogen) atoms. The lowest BCUT2D eigenvalue weighted by Gasteiger charge is -2.15. The predicted octanol–water partition coefficient (Wildman–Crippen LogP) is 4.09. The zero-order valence-electron chi connectivity index (χ0n) is 11.7. The molecule has 0 radical (unpaired) electrons. The van der Waals surface area contributed by atoms with Crippen LogP contribution < -0.4 is 11.1 Å². The van der Waals surface area contributed by atoms with Gasteiger partial charge in [0, 0.05) is 20.5 Å². The predicted molar refractivity (Wildman–Crippen MR) is 85.5 cm³/mol. The number of halogens is 1. The summed E-state index contributed by atoms with van der Waals surface area (Å²) in [5.74, 6) is -0.208. The molecule has 1 aromatic carbocycles. The second kappa shape index (κ2) is 5.85. The first-order valence-electron chi connectivity index (χ1n) is 6.31. The fraction of sp³-hybridized carbons (Fsp3) is 0.267. The van der Waals surface area contributed by atoms with Crippen LogP contribution in [0.5, 0.6) is 0 Å². The minimum atomic E-state index is -0.208. The molecule has 1 amide bonds. The minimum absolute atomic E-state index is 0.0640. The molecule has 0 aliphatic heterocycles. The highest BCUT2D eigenvalue weighted by atomic mass is 35.5. The molecule has 1 atom stereocenters. The Labute approximate surface area is 127 Å². The molecule has 0 aliphatic carbocycles. The quantitative estimate of drug-likeness (QED) is 0.839. The van der Waals surface area contributed by atoms with E-state index >= 15 is 0 Å². The molecule has 0 saturated carbocycles. The van der Waals surface area contributed by atoms with E-state index in [1.54, 1.807) is 29.5 Å². The van der Waals surface area contributed by atoms with E-state index in [1.165, 1.54) is 9.75 Å². The van der Waals surface area contributed by atoms with Crippen LogP contribution in [-0.4, -0.2) is 5.91 Å². The molecule has 0 spiro atoms. The molecule has 106 valence electrons. The smallest absolute Gasteiger partial charge is 0.253 e. The average molecular weight is 309 g/mol. The van der Waals surface area contributed by atoms with Crippen molar-refractivity contribution in [2.24, 2.45) is 0 Å². The van der Waals surface area contributed by atoms with Crippen LogP contribution in [0, 0.1) is 13.8 Å². The van der Waals surface area contributed by atoms with Crippen molar-refractivity contribution in [2.45, 2.75) is 26.8 Å². The number of nitrogen functional groups attached to an aromatic ring is 1. The molecule has 0 bridgehead atoms. The molecule has 5 heteroatoms. The third kappa shape index (κ3) is 3.14. The molecular weight excluding hydrogens is 292 g/mol. The first-order valence-corrected chi connectivity index (χ1v) is 7.50. The largest absolute Gasteiger partial charge is 0.398 e. The summed E-state index contributed by atoms with van der Waals surface area (Å²) in [6.45, 7) is 6.08. The first kappa shape index (κ1) is 14.9. The van der Waals surface area contributed by atoms with Crippen LogP contribution in [0.3, 0.4) is 0 Å². The maximum atomic E-state index is 12.3. The van der Waals surface area contributed by atoms with Crippen LogP contribution in [0.2, 0.25) is 5.02 Å². The fourth-order valence-corrected chi connectivity index (χ4v) is 3.35. The molecule has 2 rings (SSSR count). The maximum absolute atomic E-state index is 12.3. The molecule has 1 unspecified atom stereocenters. The summed E-state index contributed by atoms with van der Waals surface area (Å²) in [7, 11) is 0. The van der Waals surface area contributed by atoms with Gasteiger partial charge in [-0.2, -0.15) is 0 Å². The van der Waals surface area contributed by atoms with E-state index in [1.807, 2.05) is 6.92 Å². The second-order valence-electron chi connectivity index (χ2n) is 4.80. The number of carbonyl (C=O) groups is 1. The average Bonchev–Trinajstić information content (AvgIpc) is 2.71. The zero-order valence-corrected chi connectivity index (χ0v) is 13.2. The van der Waals surface area contributed by atoms with E-state index < -0.39 is 0 Å². The van der Waals surface area contributed by atoms with Crippen LogP contribution in [0.1, 0.15) is 38.6 Å². The highest BCUT2D eigenvalue weighted by Gasteiger charge is 2.16. The van der Waals surface area contributed by atoms with E-state index in [0.29, 0.717) is 16.3 Å². The number of hydrogen-bond donors (Lipinski definition) is 2. The summed E-state index contributed by atoms with van der Waals surface area (Å²) in [5.41, 5.74) is 7.80. The Morgan fingerprint density at radius 2 is 2.05 bits per heavy atom. The lowest BCUT2D eigenvalue weighted by atomic mass is 10.1. The van der Waals surface area contributed by atoms with Crippen LogP contribution in [-0.2, 0) is 0 Å². The maximum Gasteiger partial charge on any atom is 0.253 e. The summed E-state index contributed by atoms with van der Waals surface area (Å²) in [4.78, 5) is 14.7. The summed E-state index contributed by atoms with van der Waals surface area (Å²) in [5, 5.41) is 3.46. The Hall–Kier alpha value is -1.52. The van der Waals surface area contributed by atoms with Crippen LogP contribution >= 0.6 is 22.9 Å². The van der Waals surface area contributed by atoms with Gasteiger partial charge in [0.05, 0.1) is 11.6 Å². The van der Waals surface area contributed by atoms with E-state index in [-0.39, 0.29) is 11.9 Å². The van der Waals surface area contributed by atoms with Gasteiger partial charge in [-0.15, -0.1) is 11.3 Å². The van der Waals surface area contributed by atoms with Crippen molar-refractivity contribution < 1.29 is 4.79 Å². The molecule has 3 N–H and O–H groups in total. The molecule has 3 nitrogen and oxygen atoms in total. The normalized spacial score (nSPS) is 12.2. The van der Waals surface area contributed by atoms with Crippen molar-refractivity contribution in [3.05, 3.63) is 50.2 Å². The topological polar surface area (TPSA) is 55.1 Å². The molecule has 0 fully saturated rings. The van der Waals surface area contributed by atoms with Gasteiger partial charge >= 0.3 is 0 Å². The van der Waals surface area contributed by atoms with Crippen molar-refractivity contribution in [1.29, 1.82) is 0 Å². The third-order valence-electron chi connectivity index (χ3n) is 3.15. The molecule has 0 saturated heterocycles. The van der Waals surface area contributed by atoms with Crippen molar-refractivity contribution >= 4 is 34.5 Å². The number of amides is 1. The number of rotatable bonds is 3. The van der Waals surface area contributed by atoms with Crippen molar-refractivity contribution in [3.8, 4) is 0 Å². The summed E-state index contributed by atoms with van der Waals surface area (Å²) in [6.07, 6.45) is 0. The monoisotopic (exact) mass is 308 g/mol. The number of thiophene rings is 1. The molecule has 1 aromatic heterocycles. The Bertz CT molecular complexity index is 651. The second-order valence-corrected chi connectivity index (χ2v) is 6.69. The van der Waals surface area contributed by atoms with Gasteiger partial charge in [-0.25, -0.2) is 0 Å². The van der Waals surface area contributed by atoms with Gasteiger partial charge in [0.2, 0.25) is 0 Å². The SMILES string of the molecule is Cc1cc(C(C)NC(=O)c2cc(Cl)ccc2N)c(C)s1. The number of nitrogens with one attached hydrogen (secondary N) is 1. The molecule has 1 heterocycles. The molecular formula is C15H17ClN2OS. The van der Waals surface area contributed by atoms with Crippen molar-refractivity contribution in [1.82, 2.24) is 5.32 Å². The number of anilines is 1. The lowest BCUT2D eigenvalue weighted by molar-refractivity contribution is 0.0941. The standard InChI is InChI=1S/C15H17ClN2OS/c1-8-6-12(10(3)20-8)9(2)18-15(19)13-7-11(16)4-5-14(13)17/h4-7,9H,17H2,1-3H3,(H,18,19). The Morgan fingerprint density at radius 1 is 1.35 bits per heavy atom. The Balaban J connectivity index is 2.19. The summed E-state index contributed by atoms with van der Waals surface area (Å²) in [6, 6.07) is 6.94. The number of hydrogen-bond acceptors (Lipinski definition) is 3. The highest BCUT2D eigenvalue weighted by Crippen LogP contribution is 2.27. The van der Waals surface area contributed by atoms with Crippen molar-refractivity contribution in [2.75, 3.05) is 5.73 Å². The number of nitrogens with two attached hydrogens (primary N) is 1. The van der Waals surface area contributed by atoms with E-state index in [2.05, 4.69) is 25.2 Å². The third-order valence-corrected chi connectivity index (χ3v) is 4.37. The van der Waals surface area contributed by atoms with E-state index in [9.17, 15) is 4.79 Å². The summed E-state index contributed by atoms with van der Waals surface area (Å²) >= 11 is 7.64. The fourth-order valence-electron chi connectivity index (χ4n) is 2.16. The van der Waals surface area contributed by atoms with Gasteiger partial charge in [-0.3, -0.25) is 4.79 Å². The van der Waals surface area contributed by atoms with Gasteiger partial charge in [0.1, 0.15) is 0 Å². The van der Waals surface area contributed by atoms with Crippen LogP contribution in [0.25, 0.3) is 0 Å². The molecule has 2 aromatic rings. The Kier molecular flexibility index (Phi) is 4.35. The van der Waals surface area contributed by atoms with Gasteiger partial charge in [-0.1, -0.05) is 11.6 Å². The number of carbonyl (C=O) groups excluding carboxylic acids is 1. The minimum Gasteiger partial charge on any atom is -0.398 e. The van der Waals surface area contributed by atoms with Crippen LogP contribution in [0.4, 0.5) is 5.69 Å². The van der Waals surface area contributed by atoms with Gasteiger partial charge in [0.25, 0.3) is 5.91 Å². The van der Waals surface area contributed by atoms with Gasteiger partial charge in [0.15, 0.2) is 0 Å². The number of aryl methyl sites for hydroxylation is 2. The Morgan fingerprint density at radius 3 is 2.65 bits per heavy atom. The van der Waals surface area contributed by atoms with E-state index in [4.69, 9.17) is 17.3 Å². The van der Waals surface area contributed by atoms with Crippen molar-refractivity contribution in [3.63, 3.8) is 0 Å². The van der Waals surface area contributed by atoms with E-state index in [0.717, 1.165) is 5.56 Å². The zero-order chi connectivity index (χ0) is 14.9.